The summed E-state index contributed by atoms with van der Waals surface area (Å²) in [6.07, 6.45) is 4.13. The van der Waals surface area contributed by atoms with Gasteiger partial charge in [-0.25, -0.2) is 4.79 Å². The second kappa shape index (κ2) is 17.6. The van der Waals surface area contributed by atoms with E-state index in [9.17, 15) is 19.2 Å². The van der Waals surface area contributed by atoms with Crippen molar-refractivity contribution in [1.29, 1.82) is 0 Å². The first-order chi connectivity index (χ1) is 25.4. The van der Waals surface area contributed by atoms with Gasteiger partial charge >= 0.3 is 5.97 Å². The first kappa shape index (κ1) is 39.1. The summed E-state index contributed by atoms with van der Waals surface area (Å²) in [4.78, 5) is 55.1. The molecule has 3 N–H and O–H groups in total. The molecule has 3 aromatic carbocycles. The largest absolute Gasteiger partial charge is 0.497 e. The van der Waals surface area contributed by atoms with Crippen LogP contribution in [0.2, 0.25) is 0 Å². The number of carbonyl (C=O) groups is 4. The summed E-state index contributed by atoms with van der Waals surface area (Å²) in [7, 11) is 3.05. The quantitative estimate of drug-likeness (QED) is 0.0707. The van der Waals surface area contributed by atoms with Gasteiger partial charge < -0.3 is 30.2 Å². The molecule has 0 fully saturated rings. The fourth-order valence-electron chi connectivity index (χ4n) is 6.06. The van der Waals surface area contributed by atoms with Crippen LogP contribution in [-0.4, -0.2) is 50.3 Å². The molecule has 1 atom stereocenters. The average Bonchev–Trinajstić information content (AvgIpc) is 3.51. The van der Waals surface area contributed by atoms with E-state index in [1.54, 1.807) is 73.7 Å². The van der Waals surface area contributed by atoms with Gasteiger partial charge in [0.05, 0.1) is 32.1 Å². The first-order valence-corrected chi connectivity index (χ1v) is 19.2. The van der Waals surface area contributed by atoms with Crippen LogP contribution in [0.25, 0.3) is 6.08 Å². The number of hydrogen-bond acceptors (Lipinski definition) is 9. The molecule has 53 heavy (non-hydrogen) atoms. The summed E-state index contributed by atoms with van der Waals surface area (Å²) in [5, 5.41) is 9.12. The third-order valence-corrected chi connectivity index (χ3v) is 11.1. The van der Waals surface area contributed by atoms with Crippen LogP contribution in [0.5, 0.6) is 11.5 Å². The van der Waals surface area contributed by atoms with Crippen molar-refractivity contribution in [1.82, 2.24) is 5.32 Å². The van der Waals surface area contributed by atoms with E-state index in [1.165, 1.54) is 43.4 Å². The summed E-state index contributed by atoms with van der Waals surface area (Å²) in [5.74, 6) is -0.131. The van der Waals surface area contributed by atoms with E-state index in [-0.39, 0.29) is 29.4 Å². The lowest BCUT2D eigenvalue weighted by molar-refractivity contribution is -0.114. The van der Waals surface area contributed by atoms with Crippen LogP contribution >= 0.6 is 23.1 Å². The molecule has 1 aliphatic carbocycles. The van der Waals surface area contributed by atoms with Crippen LogP contribution < -0.4 is 25.4 Å². The van der Waals surface area contributed by atoms with Crippen molar-refractivity contribution in [3.63, 3.8) is 0 Å². The number of nitrogens with one attached hydrogen (secondary N) is 3. The van der Waals surface area contributed by atoms with E-state index in [0.717, 1.165) is 34.6 Å². The minimum absolute atomic E-state index is 0.0206. The van der Waals surface area contributed by atoms with Gasteiger partial charge in [0.25, 0.3) is 11.8 Å². The monoisotopic (exact) mass is 755 g/mol. The molecule has 1 unspecified atom stereocenters. The second-order valence-electron chi connectivity index (χ2n) is 13.5. The Labute approximate surface area is 318 Å². The molecule has 0 aliphatic heterocycles. The second-order valence-corrected chi connectivity index (χ2v) is 15.7. The highest BCUT2D eigenvalue weighted by Gasteiger charge is 2.34. The van der Waals surface area contributed by atoms with Crippen molar-refractivity contribution >= 4 is 63.6 Å². The SMILES string of the molecule is CCOC(=O)c1c(NC(=O)CSc2cccc(NC(=O)/C(=C\c3cc(OC)ccc3OC)NC(=O)c3ccccc3)c2)sc2c1CCC(C(C)(C)C)C2. The molecule has 0 saturated heterocycles. The van der Waals surface area contributed by atoms with Gasteiger partial charge in [0.1, 0.15) is 22.2 Å². The van der Waals surface area contributed by atoms with Gasteiger partial charge in [-0.05, 0) is 97.7 Å². The third-order valence-electron chi connectivity index (χ3n) is 8.95. The Morgan fingerprint density at radius 1 is 0.943 bits per heavy atom. The van der Waals surface area contributed by atoms with Crippen LogP contribution in [0.1, 0.15) is 70.8 Å². The van der Waals surface area contributed by atoms with Gasteiger partial charge in [0.15, 0.2) is 0 Å². The van der Waals surface area contributed by atoms with E-state index in [2.05, 4.69) is 36.7 Å². The number of carbonyl (C=O) groups excluding carboxylic acids is 4. The average molecular weight is 756 g/mol. The van der Waals surface area contributed by atoms with Gasteiger partial charge in [-0.2, -0.15) is 0 Å². The Balaban J connectivity index is 1.31. The summed E-state index contributed by atoms with van der Waals surface area (Å²) in [6, 6.07) is 20.8. The van der Waals surface area contributed by atoms with Crippen LogP contribution in [0.4, 0.5) is 10.7 Å². The summed E-state index contributed by atoms with van der Waals surface area (Å²) in [5.41, 5.74) is 2.93. The molecule has 0 saturated carbocycles. The number of rotatable bonds is 13. The van der Waals surface area contributed by atoms with Crippen LogP contribution in [-0.2, 0) is 27.2 Å². The molecule has 5 rings (SSSR count). The number of thiophene rings is 1. The minimum atomic E-state index is -0.569. The maximum atomic E-state index is 13.7. The van der Waals surface area contributed by atoms with Gasteiger partial charge in [0.2, 0.25) is 5.91 Å². The van der Waals surface area contributed by atoms with Crippen molar-refractivity contribution in [2.75, 3.05) is 37.2 Å². The highest BCUT2D eigenvalue weighted by atomic mass is 32.2. The predicted molar refractivity (Wildman–Crippen MR) is 211 cm³/mol. The molecule has 0 bridgehead atoms. The van der Waals surface area contributed by atoms with E-state index in [4.69, 9.17) is 14.2 Å². The van der Waals surface area contributed by atoms with Crippen LogP contribution in [0.3, 0.4) is 0 Å². The first-order valence-electron chi connectivity index (χ1n) is 17.4. The molecular weight excluding hydrogens is 711 g/mol. The Kier molecular flexibility index (Phi) is 13.0. The Bertz CT molecular complexity index is 2000. The zero-order valence-electron chi connectivity index (χ0n) is 30.8. The van der Waals surface area contributed by atoms with Crippen LogP contribution in [0.15, 0.2) is 83.4 Å². The minimum Gasteiger partial charge on any atom is -0.497 e. The number of benzene rings is 3. The fourth-order valence-corrected chi connectivity index (χ4v) is 8.14. The molecular formula is C41H45N3O7S2. The number of amides is 3. The molecule has 1 aromatic heterocycles. The molecule has 12 heteroatoms. The molecule has 0 spiro atoms. The Morgan fingerprint density at radius 2 is 1.72 bits per heavy atom. The number of anilines is 2. The van der Waals surface area contributed by atoms with Crippen molar-refractivity contribution in [2.45, 2.75) is 51.9 Å². The van der Waals surface area contributed by atoms with E-state index in [1.807, 2.05) is 6.07 Å². The normalized spacial score (nSPS) is 14.1. The Hall–Kier alpha value is -5.07. The molecule has 3 amide bonds. The molecule has 1 heterocycles. The van der Waals surface area contributed by atoms with Gasteiger partial charge in [0, 0.05) is 26.6 Å². The molecule has 278 valence electrons. The summed E-state index contributed by atoms with van der Waals surface area (Å²) < 4.78 is 16.3. The topological polar surface area (TPSA) is 132 Å². The lowest BCUT2D eigenvalue weighted by atomic mass is 9.72. The predicted octanol–water partition coefficient (Wildman–Crippen LogP) is 8.23. The zero-order chi connectivity index (χ0) is 38.1. The van der Waals surface area contributed by atoms with Crippen molar-refractivity contribution in [2.24, 2.45) is 11.3 Å². The number of esters is 1. The molecule has 4 aromatic rings. The van der Waals surface area contributed by atoms with Crippen molar-refractivity contribution in [3.8, 4) is 11.5 Å². The highest BCUT2D eigenvalue weighted by Crippen LogP contribution is 2.44. The standard InChI is InChI=1S/C41H45N3O7S2/c1-7-51-40(48)36-31-18-16-27(41(2,3)4)22-34(31)53-39(36)44-35(45)24-52-30-15-11-14-28(23-30)42-38(47)32(43-37(46)25-12-9-8-10-13-25)21-26-20-29(49-5)17-19-33(26)50-6/h8-15,17,19-21,23,27H,7,16,18,22,24H2,1-6H3,(H,42,47)(H,43,46)(H,44,45)/b32-21+. The summed E-state index contributed by atoms with van der Waals surface area (Å²) >= 11 is 2.76. The van der Waals surface area contributed by atoms with Crippen molar-refractivity contribution < 1.29 is 33.4 Å². The smallest absolute Gasteiger partial charge is 0.341 e. The molecule has 1 aliphatic rings. The number of methoxy groups -OCH3 is 2. The zero-order valence-corrected chi connectivity index (χ0v) is 32.4. The van der Waals surface area contributed by atoms with E-state index in [0.29, 0.717) is 44.8 Å². The van der Waals surface area contributed by atoms with E-state index >= 15 is 0 Å². The van der Waals surface area contributed by atoms with Gasteiger partial charge in [-0.3, -0.25) is 14.4 Å². The number of ether oxygens (including phenoxy) is 3. The van der Waals surface area contributed by atoms with E-state index < -0.39 is 17.8 Å². The van der Waals surface area contributed by atoms with Crippen molar-refractivity contribution in [3.05, 3.63) is 106 Å². The molecule has 10 nitrogen and oxygen atoms in total. The lowest BCUT2D eigenvalue weighted by Crippen LogP contribution is -2.30. The molecule has 0 radical (unpaired) electrons. The number of fused-ring (bicyclic) bond motifs is 1. The lowest BCUT2D eigenvalue weighted by Gasteiger charge is -2.33. The fraction of sp³-hybridized carbons (Fsp3) is 0.317. The maximum absolute atomic E-state index is 13.7. The van der Waals surface area contributed by atoms with Gasteiger partial charge in [-0.1, -0.05) is 45.0 Å². The highest BCUT2D eigenvalue weighted by molar-refractivity contribution is 8.00. The summed E-state index contributed by atoms with van der Waals surface area (Å²) in [6.45, 7) is 8.73. The van der Waals surface area contributed by atoms with Gasteiger partial charge in [-0.15, -0.1) is 23.1 Å². The number of hydrogen-bond donors (Lipinski definition) is 3. The third kappa shape index (κ3) is 10.1. The van der Waals surface area contributed by atoms with Crippen LogP contribution in [0, 0.1) is 11.3 Å². The number of thioether (sulfide) groups is 1. The maximum Gasteiger partial charge on any atom is 0.341 e. The Morgan fingerprint density at radius 3 is 2.42 bits per heavy atom.